The van der Waals surface area contributed by atoms with Crippen molar-refractivity contribution in [3.8, 4) is 0 Å². The van der Waals surface area contributed by atoms with E-state index >= 15 is 0 Å². The fourth-order valence-electron chi connectivity index (χ4n) is 2.02. The van der Waals surface area contributed by atoms with Gasteiger partial charge in [-0.2, -0.15) is 0 Å². The van der Waals surface area contributed by atoms with Crippen LogP contribution >= 0.6 is 11.8 Å². The summed E-state index contributed by atoms with van der Waals surface area (Å²) in [6.45, 7) is 4.07. The molecule has 0 aliphatic carbocycles. The molecule has 1 aliphatic rings. The number of benzene rings is 1. The van der Waals surface area contributed by atoms with Gasteiger partial charge in [-0.1, -0.05) is 30.0 Å². The summed E-state index contributed by atoms with van der Waals surface area (Å²) in [5, 5.41) is 8.93. The van der Waals surface area contributed by atoms with Gasteiger partial charge in [0.15, 0.2) is 5.79 Å². The number of hydrogen-bond donors (Lipinski definition) is 1. The minimum Gasteiger partial charge on any atom is -0.396 e. The van der Waals surface area contributed by atoms with E-state index in [1.807, 2.05) is 32.0 Å². The lowest BCUT2D eigenvalue weighted by molar-refractivity contribution is -0.141. The topological polar surface area (TPSA) is 38.7 Å². The maximum Gasteiger partial charge on any atom is 0.164 e. The highest BCUT2D eigenvalue weighted by atomic mass is 32.2. The van der Waals surface area contributed by atoms with E-state index in [4.69, 9.17) is 14.6 Å². The normalized spacial score (nSPS) is 26.4. The van der Waals surface area contributed by atoms with Crippen molar-refractivity contribution < 1.29 is 14.6 Å². The lowest BCUT2D eigenvalue weighted by Gasteiger charge is -2.16. The molecule has 3 nitrogen and oxygen atoms in total. The largest absolute Gasteiger partial charge is 0.396 e. The van der Waals surface area contributed by atoms with E-state index in [-0.39, 0.29) is 18.1 Å². The summed E-state index contributed by atoms with van der Waals surface area (Å²) in [7, 11) is 0. The van der Waals surface area contributed by atoms with Crippen molar-refractivity contribution >= 4 is 11.8 Å². The molecule has 0 bridgehead atoms. The second-order valence-corrected chi connectivity index (χ2v) is 6.01. The van der Waals surface area contributed by atoms with Gasteiger partial charge in [0.1, 0.15) is 5.44 Å². The zero-order valence-electron chi connectivity index (χ0n) is 10.8. The Labute approximate surface area is 112 Å². The van der Waals surface area contributed by atoms with Crippen LogP contribution in [0, 0.1) is 0 Å². The SMILES string of the molecule is CC1(C)O[C@H](Sc2ccccc2)[C@@H](CCCO)O1. The predicted molar refractivity (Wildman–Crippen MR) is 72.4 cm³/mol. The molecule has 0 amide bonds. The second-order valence-electron chi connectivity index (χ2n) is 4.84. The molecule has 1 aliphatic heterocycles. The van der Waals surface area contributed by atoms with E-state index in [0.29, 0.717) is 0 Å². The van der Waals surface area contributed by atoms with Crippen LogP contribution < -0.4 is 0 Å². The molecule has 0 spiro atoms. The average molecular weight is 268 g/mol. The molecule has 1 fully saturated rings. The zero-order valence-corrected chi connectivity index (χ0v) is 11.7. The number of ether oxygens (including phenoxy) is 2. The Morgan fingerprint density at radius 1 is 1.22 bits per heavy atom. The van der Waals surface area contributed by atoms with Crippen molar-refractivity contribution in [1.29, 1.82) is 0 Å². The summed E-state index contributed by atoms with van der Waals surface area (Å²) >= 11 is 1.68. The monoisotopic (exact) mass is 268 g/mol. The van der Waals surface area contributed by atoms with Crippen molar-refractivity contribution in [1.82, 2.24) is 0 Å². The van der Waals surface area contributed by atoms with Gasteiger partial charge >= 0.3 is 0 Å². The molecular formula is C14H20O3S. The summed E-state index contributed by atoms with van der Waals surface area (Å²) in [4.78, 5) is 1.18. The number of aliphatic hydroxyl groups is 1. The van der Waals surface area contributed by atoms with Crippen LogP contribution in [-0.4, -0.2) is 29.0 Å². The van der Waals surface area contributed by atoms with Gasteiger partial charge in [-0.3, -0.25) is 0 Å². The molecule has 4 heteroatoms. The van der Waals surface area contributed by atoms with E-state index in [1.54, 1.807) is 11.8 Å². The highest BCUT2D eigenvalue weighted by Crippen LogP contribution is 2.39. The fourth-order valence-corrected chi connectivity index (χ4v) is 3.23. The summed E-state index contributed by atoms with van der Waals surface area (Å²) in [6.07, 6.45) is 1.61. The highest BCUT2D eigenvalue weighted by molar-refractivity contribution is 7.99. The third-order valence-corrected chi connectivity index (χ3v) is 3.96. The van der Waals surface area contributed by atoms with Crippen LogP contribution in [0.15, 0.2) is 35.2 Å². The molecule has 0 unspecified atom stereocenters. The van der Waals surface area contributed by atoms with Crippen LogP contribution in [0.3, 0.4) is 0 Å². The molecule has 100 valence electrons. The van der Waals surface area contributed by atoms with Crippen LogP contribution in [0.2, 0.25) is 0 Å². The Kier molecular flexibility index (Phi) is 4.67. The van der Waals surface area contributed by atoms with Crippen LogP contribution in [0.5, 0.6) is 0 Å². The predicted octanol–water partition coefficient (Wildman–Crippen LogP) is 3.03. The highest BCUT2D eigenvalue weighted by Gasteiger charge is 2.41. The first-order chi connectivity index (χ1) is 8.61. The van der Waals surface area contributed by atoms with Crippen molar-refractivity contribution in [2.75, 3.05) is 6.61 Å². The lowest BCUT2D eigenvalue weighted by atomic mass is 10.2. The molecule has 1 saturated heterocycles. The van der Waals surface area contributed by atoms with E-state index in [9.17, 15) is 0 Å². The third-order valence-electron chi connectivity index (χ3n) is 2.78. The molecule has 1 aromatic rings. The molecule has 0 saturated carbocycles. The van der Waals surface area contributed by atoms with Gasteiger partial charge in [-0.05, 0) is 38.8 Å². The molecule has 1 N–H and O–H groups in total. The third kappa shape index (κ3) is 3.72. The lowest BCUT2D eigenvalue weighted by Crippen LogP contribution is -2.21. The first kappa shape index (κ1) is 13.9. The van der Waals surface area contributed by atoms with Gasteiger partial charge in [-0.15, -0.1) is 0 Å². The van der Waals surface area contributed by atoms with Gasteiger partial charge in [-0.25, -0.2) is 0 Å². The van der Waals surface area contributed by atoms with Crippen molar-refractivity contribution in [3.63, 3.8) is 0 Å². The van der Waals surface area contributed by atoms with Gasteiger partial charge in [0, 0.05) is 11.5 Å². The Bertz CT molecular complexity index is 367. The molecule has 1 heterocycles. The average Bonchev–Trinajstić information content (AvgIpc) is 2.62. The molecular weight excluding hydrogens is 248 g/mol. The Balaban J connectivity index is 2.00. The second kappa shape index (κ2) is 6.06. The van der Waals surface area contributed by atoms with E-state index < -0.39 is 5.79 Å². The van der Waals surface area contributed by atoms with Crippen molar-refractivity contribution in [3.05, 3.63) is 30.3 Å². The Hall–Kier alpha value is -0.550. The molecule has 0 radical (unpaired) electrons. The fraction of sp³-hybridized carbons (Fsp3) is 0.571. The molecule has 1 aromatic carbocycles. The summed E-state index contributed by atoms with van der Waals surface area (Å²) < 4.78 is 11.8. The minimum atomic E-state index is -0.535. The van der Waals surface area contributed by atoms with Crippen molar-refractivity contribution in [2.45, 2.75) is 48.9 Å². The van der Waals surface area contributed by atoms with Crippen LogP contribution in [-0.2, 0) is 9.47 Å². The van der Waals surface area contributed by atoms with Crippen molar-refractivity contribution in [2.24, 2.45) is 0 Å². The molecule has 2 rings (SSSR count). The first-order valence-corrected chi connectivity index (χ1v) is 7.17. The minimum absolute atomic E-state index is 0.00560. The molecule has 0 aromatic heterocycles. The number of hydrogen-bond acceptors (Lipinski definition) is 4. The maximum atomic E-state index is 8.93. The smallest absolute Gasteiger partial charge is 0.164 e. The van der Waals surface area contributed by atoms with Crippen LogP contribution in [0.1, 0.15) is 26.7 Å². The van der Waals surface area contributed by atoms with Gasteiger partial charge in [0.25, 0.3) is 0 Å². The van der Waals surface area contributed by atoms with Crippen LogP contribution in [0.25, 0.3) is 0 Å². The Morgan fingerprint density at radius 2 is 1.94 bits per heavy atom. The van der Waals surface area contributed by atoms with E-state index in [1.165, 1.54) is 4.90 Å². The summed E-state index contributed by atoms with van der Waals surface area (Å²) in [5.74, 6) is -0.535. The van der Waals surface area contributed by atoms with E-state index in [2.05, 4.69) is 12.1 Å². The quantitative estimate of drug-likeness (QED) is 0.891. The van der Waals surface area contributed by atoms with Gasteiger partial charge in [0.05, 0.1) is 6.10 Å². The summed E-state index contributed by atoms with van der Waals surface area (Å²) in [5.41, 5.74) is -0.00560. The van der Waals surface area contributed by atoms with Crippen LogP contribution in [0.4, 0.5) is 0 Å². The Morgan fingerprint density at radius 3 is 2.61 bits per heavy atom. The van der Waals surface area contributed by atoms with Gasteiger partial charge < -0.3 is 14.6 Å². The molecule has 18 heavy (non-hydrogen) atoms. The zero-order chi connectivity index (χ0) is 13.0. The number of thioether (sulfide) groups is 1. The number of aliphatic hydroxyl groups excluding tert-OH is 1. The number of rotatable bonds is 5. The van der Waals surface area contributed by atoms with E-state index in [0.717, 1.165) is 12.8 Å². The summed E-state index contributed by atoms with van der Waals surface area (Å²) in [6, 6.07) is 10.2. The maximum absolute atomic E-state index is 8.93. The molecule has 2 atom stereocenters. The first-order valence-electron chi connectivity index (χ1n) is 6.29. The van der Waals surface area contributed by atoms with Gasteiger partial charge in [0.2, 0.25) is 0 Å². The standard InChI is InChI=1S/C14H20O3S/c1-14(2)16-12(9-6-10-15)13(17-14)18-11-7-4-3-5-8-11/h3-5,7-8,12-13,15H,6,9-10H2,1-2H3/t12-,13-/m1/s1.